The van der Waals surface area contributed by atoms with Crippen LogP contribution in [0.5, 0.6) is 0 Å². The first-order chi connectivity index (χ1) is 11.0. The summed E-state index contributed by atoms with van der Waals surface area (Å²) < 4.78 is 17.9. The van der Waals surface area contributed by atoms with Crippen LogP contribution in [0.3, 0.4) is 0 Å². The molecule has 0 aliphatic rings. The van der Waals surface area contributed by atoms with Crippen molar-refractivity contribution in [1.82, 2.24) is 5.32 Å². The van der Waals surface area contributed by atoms with E-state index in [9.17, 15) is 14.0 Å². The van der Waals surface area contributed by atoms with Crippen molar-refractivity contribution < 1.29 is 18.7 Å². The molecule has 0 spiro atoms. The summed E-state index contributed by atoms with van der Waals surface area (Å²) >= 11 is 5.85. The number of hydrogen-bond acceptors (Lipinski definition) is 3. The smallest absolute Gasteiger partial charge is 0.307 e. The molecule has 0 heterocycles. The maximum absolute atomic E-state index is 13.2. The second-order valence-corrected chi connectivity index (χ2v) is 5.30. The maximum Gasteiger partial charge on any atom is 0.307 e. The van der Waals surface area contributed by atoms with Gasteiger partial charge in [-0.15, -0.1) is 0 Å². The van der Waals surface area contributed by atoms with Crippen molar-refractivity contribution in [3.63, 3.8) is 0 Å². The van der Waals surface area contributed by atoms with E-state index in [1.54, 1.807) is 24.3 Å². The Bertz CT molecular complexity index is 703. The third kappa shape index (κ3) is 4.79. The van der Waals surface area contributed by atoms with Gasteiger partial charge in [0.1, 0.15) is 5.82 Å². The summed E-state index contributed by atoms with van der Waals surface area (Å²) in [5, 5.41) is 3.26. The Labute approximate surface area is 138 Å². The molecule has 23 heavy (non-hydrogen) atoms. The molecule has 0 bridgehead atoms. The number of carbonyl (C=O) groups excluding carboxylic acids is 2. The fourth-order valence-corrected chi connectivity index (χ4v) is 2.19. The molecule has 0 aromatic heterocycles. The Morgan fingerprint density at radius 1 is 1.22 bits per heavy atom. The second-order valence-electron chi connectivity index (χ2n) is 4.87. The van der Waals surface area contributed by atoms with Crippen LogP contribution in [0.15, 0.2) is 48.5 Å². The van der Waals surface area contributed by atoms with Gasteiger partial charge in [-0.3, -0.25) is 9.59 Å². The number of esters is 1. The minimum Gasteiger partial charge on any atom is -0.469 e. The summed E-state index contributed by atoms with van der Waals surface area (Å²) in [6.07, 6.45) is -0.0425. The highest BCUT2D eigenvalue weighted by atomic mass is 35.5. The molecule has 1 N–H and O–H groups in total. The van der Waals surface area contributed by atoms with Gasteiger partial charge < -0.3 is 10.1 Å². The van der Waals surface area contributed by atoms with Crippen LogP contribution in [0.4, 0.5) is 4.39 Å². The number of benzene rings is 2. The highest BCUT2D eigenvalue weighted by Crippen LogP contribution is 2.20. The number of rotatable bonds is 5. The predicted molar refractivity (Wildman–Crippen MR) is 84.7 cm³/mol. The molecule has 0 saturated carbocycles. The van der Waals surface area contributed by atoms with Crippen LogP contribution in [0.1, 0.15) is 28.4 Å². The first kappa shape index (κ1) is 17.0. The number of amides is 1. The minimum absolute atomic E-state index is 0.0425. The quantitative estimate of drug-likeness (QED) is 0.851. The number of methoxy groups -OCH3 is 1. The van der Waals surface area contributed by atoms with E-state index in [0.717, 1.165) is 6.07 Å². The monoisotopic (exact) mass is 335 g/mol. The highest BCUT2D eigenvalue weighted by Gasteiger charge is 2.20. The van der Waals surface area contributed by atoms with E-state index in [2.05, 4.69) is 10.1 Å². The Hall–Kier alpha value is -2.40. The summed E-state index contributed by atoms with van der Waals surface area (Å²) in [4.78, 5) is 23.8. The molecule has 1 atom stereocenters. The highest BCUT2D eigenvalue weighted by molar-refractivity contribution is 6.30. The molecule has 6 heteroatoms. The van der Waals surface area contributed by atoms with Crippen LogP contribution >= 0.6 is 11.6 Å². The normalized spacial score (nSPS) is 11.6. The van der Waals surface area contributed by atoms with E-state index in [1.165, 1.54) is 25.3 Å². The first-order valence-electron chi connectivity index (χ1n) is 6.88. The molecule has 2 aromatic rings. The second kappa shape index (κ2) is 7.74. The van der Waals surface area contributed by atoms with Gasteiger partial charge in [0, 0.05) is 10.6 Å². The molecule has 4 nitrogen and oxygen atoms in total. The molecule has 0 aliphatic carbocycles. The third-order valence-electron chi connectivity index (χ3n) is 3.26. The maximum atomic E-state index is 13.2. The summed E-state index contributed by atoms with van der Waals surface area (Å²) in [5.74, 6) is -1.45. The van der Waals surface area contributed by atoms with Gasteiger partial charge in [-0.05, 0) is 35.9 Å². The molecule has 120 valence electrons. The van der Waals surface area contributed by atoms with Crippen molar-refractivity contribution in [2.45, 2.75) is 12.5 Å². The number of nitrogens with one attached hydrogen (secondary N) is 1. The van der Waals surface area contributed by atoms with Crippen molar-refractivity contribution in [2.75, 3.05) is 7.11 Å². The van der Waals surface area contributed by atoms with Gasteiger partial charge in [-0.25, -0.2) is 4.39 Å². The fraction of sp³-hybridized carbons (Fsp3) is 0.176. The molecule has 0 radical (unpaired) electrons. The fourth-order valence-electron chi connectivity index (χ4n) is 2.07. The van der Waals surface area contributed by atoms with Crippen molar-refractivity contribution in [1.29, 1.82) is 0 Å². The lowest BCUT2D eigenvalue weighted by atomic mass is 10.0. The summed E-state index contributed by atoms with van der Waals surface area (Å²) in [5.41, 5.74) is 0.874. The zero-order valence-electron chi connectivity index (χ0n) is 12.4. The van der Waals surface area contributed by atoms with Gasteiger partial charge in [0.2, 0.25) is 0 Å². The lowest BCUT2D eigenvalue weighted by Crippen LogP contribution is -2.30. The lowest BCUT2D eigenvalue weighted by molar-refractivity contribution is -0.141. The molecule has 1 amide bonds. The Morgan fingerprint density at radius 2 is 1.91 bits per heavy atom. The molecule has 0 aliphatic heterocycles. The van der Waals surface area contributed by atoms with E-state index in [4.69, 9.17) is 11.6 Å². The molecule has 2 rings (SSSR count). The summed E-state index contributed by atoms with van der Waals surface area (Å²) in [7, 11) is 1.27. The largest absolute Gasteiger partial charge is 0.469 e. The van der Waals surface area contributed by atoms with Crippen LogP contribution in [0.25, 0.3) is 0 Å². The van der Waals surface area contributed by atoms with Gasteiger partial charge in [0.25, 0.3) is 5.91 Å². The number of hydrogen-bond donors (Lipinski definition) is 1. The number of carbonyl (C=O) groups is 2. The van der Waals surface area contributed by atoms with Gasteiger partial charge >= 0.3 is 5.97 Å². The van der Waals surface area contributed by atoms with Gasteiger partial charge in [-0.1, -0.05) is 29.8 Å². The zero-order valence-corrected chi connectivity index (χ0v) is 13.1. The average molecular weight is 336 g/mol. The van der Waals surface area contributed by atoms with E-state index < -0.39 is 23.7 Å². The predicted octanol–water partition coefficient (Wildman–Crippen LogP) is 3.51. The van der Waals surface area contributed by atoms with Crippen LogP contribution in [0, 0.1) is 5.82 Å². The van der Waals surface area contributed by atoms with E-state index >= 15 is 0 Å². The standard InChI is InChI=1S/C17H15ClFNO3/c1-23-16(21)10-15(11-5-7-13(18)8-6-11)20-17(22)12-3-2-4-14(19)9-12/h2-9,15H,10H2,1H3,(H,20,22). The van der Waals surface area contributed by atoms with Crippen LogP contribution < -0.4 is 5.32 Å². The van der Waals surface area contributed by atoms with Crippen molar-refractivity contribution in [2.24, 2.45) is 0 Å². The molecule has 0 fully saturated rings. The number of halogens is 2. The third-order valence-corrected chi connectivity index (χ3v) is 3.51. The molecule has 1 unspecified atom stereocenters. The lowest BCUT2D eigenvalue weighted by Gasteiger charge is -2.18. The summed E-state index contributed by atoms with van der Waals surface area (Å²) in [6, 6.07) is 11.5. The topological polar surface area (TPSA) is 55.4 Å². The molecule has 2 aromatic carbocycles. The average Bonchev–Trinajstić information content (AvgIpc) is 2.54. The Balaban J connectivity index is 2.21. The van der Waals surface area contributed by atoms with Gasteiger partial charge in [0.15, 0.2) is 0 Å². The van der Waals surface area contributed by atoms with Crippen molar-refractivity contribution >= 4 is 23.5 Å². The zero-order chi connectivity index (χ0) is 16.8. The van der Waals surface area contributed by atoms with E-state index in [0.29, 0.717) is 10.6 Å². The van der Waals surface area contributed by atoms with E-state index in [1.807, 2.05) is 0 Å². The van der Waals surface area contributed by atoms with Gasteiger partial charge in [-0.2, -0.15) is 0 Å². The van der Waals surface area contributed by atoms with Crippen molar-refractivity contribution in [3.8, 4) is 0 Å². The van der Waals surface area contributed by atoms with Crippen LogP contribution in [-0.4, -0.2) is 19.0 Å². The van der Waals surface area contributed by atoms with Crippen LogP contribution in [-0.2, 0) is 9.53 Å². The van der Waals surface area contributed by atoms with Crippen molar-refractivity contribution in [3.05, 3.63) is 70.5 Å². The molecular weight excluding hydrogens is 321 g/mol. The molecule has 0 saturated heterocycles. The minimum atomic E-state index is -0.601. The SMILES string of the molecule is COC(=O)CC(NC(=O)c1cccc(F)c1)c1ccc(Cl)cc1. The molecular formula is C17H15ClFNO3. The Morgan fingerprint density at radius 3 is 2.52 bits per heavy atom. The van der Waals surface area contributed by atoms with Gasteiger partial charge in [0.05, 0.1) is 19.6 Å². The van der Waals surface area contributed by atoms with Crippen LogP contribution in [0.2, 0.25) is 5.02 Å². The first-order valence-corrected chi connectivity index (χ1v) is 7.26. The summed E-state index contributed by atoms with van der Waals surface area (Å²) in [6.45, 7) is 0. The Kier molecular flexibility index (Phi) is 5.71. The number of ether oxygens (including phenoxy) is 1. The van der Waals surface area contributed by atoms with E-state index in [-0.39, 0.29) is 12.0 Å².